The Labute approximate surface area is 448 Å². The molecule has 10 aromatic heterocycles. The van der Waals surface area contributed by atoms with E-state index in [1.54, 1.807) is 27.7 Å². The molecule has 10 rings (SSSR count). The molecule has 18 nitrogen and oxygen atoms in total. The number of aromatic nitrogens is 13. The Morgan fingerprint density at radius 2 is 0.636 bits per heavy atom. The summed E-state index contributed by atoms with van der Waals surface area (Å²) in [6.07, 6.45) is 0. The lowest BCUT2D eigenvalue weighted by Gasteiger charge is -2.13. The largest absolute Gasteiger partial charge is 0.505 e. The lowest BCUT2D eigenvalue weighted by atomic mass is 10.0. The Bertz CT molecular complexity index is 4020. The van der Waals surface area contributed by atoms with Gasteiger partial charge in [0.05, 0.1) is 56.9 Å². The van der Waals surface area contributed by atoms with Crippen molar-refractivity contribution in [3.05, 3.63) is 135 Å². The molecule has 0 aliphatic rings. The van der Waals surface area contributed by atoms with Gasteiger partial charge in [0.1, 0.15) is 33.6 Å². The SMILES string of the molecule is Cc1nc(C)c2c(C)nc(C)c(O)c2c1C.Cc1nc(C)c2c(C)nc(C)c(O)c2n1.Cc1nc2[nH]c(C)c(C)c(=O)c2nc1C.Cc1nc2c(C)nc(C)c(O)c2nc1C.Cc1nc2c(O)c(C)nc(C)c2c(C)c1C. The maximum absolute atomic E-state index is 11.9. The van der Waals surface area contributed by atoms with Crippen molar-refractivity contribution in [2.75, 3.05) is 0 Å². The van der Waals surface area contributed by atoms with E-state index in [0.29, 0.717) is 67.4 Å². The summed E-state index contributed by atoms with van der Waals surface area (Å²) in [6.45, 7) is 41.7. The number of pyridine rings is 7. The second-order valence-electron chi connectivity index (χ2n) is 19.8. The first-order valence-electron chi connectivity index (χ1n) is 25.2. The van der Waals surface area contributed by atoms with Gasteiger partial charge in [-0.25, -0.2) is 34.9 Å². The van der Waals surface area contributed by atoms with Crippen LogP contribution in [0.4, 0.5) is 0 Å². The fraction of sp³-hybridized carbons (Fsp3) is 0.373. The molecule has 0 spiro atoms. The zero-order chi connectivity index (χ0) is 57.6. The topological polar surface area (TPSA) is 268 Å². The normalized spacial score (nSPS) is 11.0. The molecule has 77 heavy (non-hydrogen) atoms. The molecule has 402 valence electrons. The lowest BCUT2D eigenvalue weighted by molar-refractivity contribution is 0.472. The predicted octanol–water partition coefficient (Wildman–Crippen LogP) is 11.2. The number of fused-ring (bicyclic) bond motifs is 5. The van der Waals surface area contributed by atoms with E-state index in [-0.39, 0.29) is 28.4 Å². The molecule has 0 unspecified atom stereocenters. The molecular weight excluding hydrogens is 971 g/mol. The zero-order valence-electron chi connectivity index (χ0n) is 48.6. The van der Waals surface area contributed by atoms with Crippen molar-refractivity contribution in [2.45, 2.75) is 152 Å². The van der Waals surface area contributed by atoms with Crippen molar-refractivity contribution in [3.63, 3.8) is 0 Å². The fourth-order valence-electron chi connectivity index (χ4n) is 9.18. The fourth-order valence-corrected chi connectivity index (χ4v) is 9.18. The van der Waals surface area contributed by atoms with E-state index >= 15 is 0 Å². The number of nitrogens with one attached hydrogen (secondary N) is 1. The monoisotopic (exact) mass is 1040 g/mol. The zero-order valence-corrected chi connectivity index (χ0v) is 48.6. The van der Waals surface area contributed by atoms with Crippen LogP contribution in [0.1, 0.15) is 125 Å². The Kier molecular flexibility index (Phi) is 16.9. The lowest BCUT2D eigenvalue weighted by Crippen LogP contribution is -2.13. The van der Waals surface area contributed by atoms with Crippen LogP contribution in [-0.4, -0.2) is 85.2 Å². The molecule has 0 aliphatic carbocycles. The van der Waals surface area contributed by atoms with E-state index in [1.165, 1.54) is 5.56 Å². The van der Waals surface area contributed by atoms with E-state index in [4.69, 9.17) is 0 Å². The van der Waals surface area contributed by atoms with Gasteiger partial charge in [-0.15, -0.1) is 0 Å². The third kappa shape index (κ3) is 11.4. The molecule has 0 saturated heterocycles. The van der Waals surface area contributed by atoms with Crippen LogP contribution in [0.2, 0.25) is 0 Å². The molecule has 0 aromatic carbocycles. The molecular formula is C59H71N13O5. The molecule has 10 heterocycles. The van der Waals surface area contributed by atoms with Gasteiger partial charge >= 0.3 is 0 Å². The van der Waals surface area contributed by atoms with Crippen molar-refractivity contribution < 1.29 is 20.4 Å². The van der Waals surface area contributed by atoms with Gasteiger partial charge in [0.2, 0.25) is 5.43 Å². The molecule has 0 fully saturated rings. The quantitative estimate of drug-likeness (QED) is 0.0944. The molecule has 18 heteroatoms. The third-order valence-electron chi connectivity index (χ3n) is 14.2. The predicted molar refractivity (Wildman–Crippen MR) is 305 cm³/mol. The number of nitrogens with zero attached hydrogens (tertiary/aromatic N) is 12. The first-order valence-corrected chi connectivity index (χ1v) is 25.2. The van der Waals surface area contributed by atoms with Crippen molar-refractivity contribution in [2.24, 2.45) is 0 Å². The highest BCUT2D eigenvalue weighted by atomic mass is 16.3. The van der Waals surface area contributed by atoms with Crippen LogP contribution in [0.25, 0.3) is 54.8 Å². The molecule has 0 atom stereocenters. The van der Waals surface area contributed by atoms with Crippen molar-refractivity contribution in [1.29, 1.82) is 0 Å². The summed E-state index contributed by atoms with van der Waals surface area (Å²) in [5.74, 6) is 1.44. The van der Waals surface area contributed by atoms with Crippen molar-refractivity contribution >= 4 is 54.8 Å². The summed E-state index contributed by atoms with van der Waals surface area (Å²) in [6, 6.07) is 0. The second-order valence-corrected chi connectivity index (χ2v) is 19.8. The number of hydrogen-bond acceptors (Lipinski definition) is 17. The molecule has 5 N–H and O–H groups in total. The highest BCUT2D eigenvalue weighted by molar-refractivity contribution is 5.95. The first-order chi connectivity index (χ1) is 35.9. The van der Waals surface area contributed by atoms with E-state index in [1.807, 2.05) is 118 Å². The maximum atomic E-state index is 11.9. The van der Waals surface area contributed by atoms with Gasteiger partial charge in [-0.3, -0.25) is 29.7 Å². The molecule has 0 amide bonds. The van der Waals surface area contributed by atoms with Crippen LogP contribution in [0.3, 0.4) is 0 Å². The van der Waals surface area contributed by atoms with Gasteiger partial charge < -0.3 is 25.4 Å². The Morgan fingerprint density at radius 1 is 0.260 bits per heavy atom. The van der Waals surface area contributed by atoms with Crippen LogP contribution < -0.4 is 5.43 Å². The minimum absolute atomic E-state index is 0.0307. The smallest absolute Gasteiger partial charge is 0.212 e. The van der Waals surface area contributed by atoms with Gasteiger partial charge in [0.25, 0.3) is 0 Å². The summed E-state index contributed by atoms with van der Waals surface area (Å²) in [7, 11) is 0. The standard InChI is InChI=1S/2C13H16N2O.3C11H13N3O/c1-6-7(2)14-8(3)12-9(4)15-10(5)13(16)11(6)12;1-6-7(2)11-9(4)14-10(5)13(16)12(11)15-8(6)3;1-5-9-6(2)13-8(4)14-10(9)11(15)7(3)12-5;1-5-6(2)14-10-9(13-5)7(3)12-8(4)11(10)15;1-5-6(2)13-11-9(10(5)15)12-7(3)8(4)14-11/h2*16H,1-5H3;2*15H,1-4H3;1-4H3,(H,13,14,15). The van der Waals surface area contributed by atoms with Crippen LogP contribution in [0.15, 0.2) is 4.79 Å². The highest BCUT2D eigenvalue weighted by Crippen LogP contribution is 2.35. The van der Waals surface area contributed by atoms with Gasteiger partial charge in [-0.05, 0) is 169 Å². The second kappa shape index (κ2) is 22.4. The number of aryl methyl sites for hydroxylation is 20. The van der Waals surface area contributed by atoms with Gasteiger partial charge in [-0.2, -0.15) is 0 Å². The van der Waals surface area contributed by atoms with E-state index in [0.717, 1.165) is 107 Å². The molecule has 10 aromatic rings. The van der Waals surface area contributed by atoms with Crippen LogP contribution >= 0.6 is 0 Å². The van der Waals surface area contributed by atoms with E-state index in [2.05, 4.69) is 71.7 Å². The van der Waals surface area contributed by atoms with Crippen LogP contribution in [0.5, 0.6) is 23.0 Å². The minimum atomic E-state index is -0.0307. The van der Waals surface area contributed by atoms with Gasteiger partial charge in [0.15, 0.2) is 28.4 Å². The number of aromatic amines is 1. The number of H-pyrrole nitrogens is 1. The summed E-state index contributed by atoms with van der Waals surface area (Å²) in [5.41, 5.74) is 21.5. The van der Waals surface area contributed by atoms with Crippen molar-refractivity contribution in [1.82, 2.24) is 64.8 Å². The van der Waals surface area contributed by atoms with Crippen molar-refractivity contribution in [3.8, 4) is 23.0 Å². The number of hydrogen-bond donors (Lipinski definition) is 5. The minimum Gasteiger partial charge on any atom is -0.505 e. The summed E-state index contributed by atoms with van der Waals surface area (Å²) < 4.78 is 0. The van der Waals surface area contributed by atoms with E-state index in [9.17, 15) is 25.2 Å². The average molecular weight is 1040 g/mol. The third-order valence-corrected chi connectivity index (χ3v) is 14.2. The summed E-state index contributed by atoms with van der Waals surface area (Å²) in [5, 5.41) is 43.5. The van der Waals surface area contributed by atoms with Crippen LogP contribution in [-0.2, 0) is 0 Å². The molecule has 0 aliphatic heterocycles. The molecule has 0 saturated carbocycles. The number of rotatable bonds is 0. The Morgan fingerprint density at radius 3 is 1.18 bits per heavy atom. The van der Waals surface area contributed by atoms with Gasteiger partial charge in [0, 0.05) is 67.0 Å². The first kappa shape index (κ1) is 57.9. The van der Waals surface area contributed by atoms with Gasteiger partial charge in [-0.1, -0.05) is 0 Å². The molecule has 0 bridgehead atoms. The van der Waals surface area contributed by atoms with Crippen LogP contribution in [0, 0.1) is 152 Å². The number of aromatic hydroxyl groups is 4. The summed E-state index contributed by atoms with van der Waals surface area (Å²) in [4.78, 5) is 67.0. The maximum Gasteiger partial charge on any atom is 0.212 e. The Balaban J connectivity index is 0.000000156. The molecule has 0 radical (unpaired) electrons. The van der Waals surface area contributed by atoms with E-state index < -0.39 is 0 Å². The summed E-state index contributed by atoms with van der Waals surface area (Å²) >= 11 is 0. The average Bonchev–Trinajstić information content (AvgIpc) is 3.37. The Hall–Kier alpha value is -8.41. The highest BCUT2D eigenvalue weighted by Gasteiger charge is 2.18.